The summed E-state index contributed by atoms with van der Waals surface area (Å²) >= 11 is 0. The summed E-state index contributed by atoms with van der Waals surface area (Å²) in [5, 5.41) is 3.38. The number of piperidine rings is 1. The summed E-state index contributed by atoms with van der Waals surface area (Å²) in [5.41, 5.74) is 0. The molecule has 1 aliphatic rings. The molecule has 1 rings (SSSR count). The van der Waals surface area contributed by atoms with Crippen LogP contribution in [-0.2, 0) is 14.3 Å². The average Bonchev–Trinajstić information content (AvgIpc) is 2.40. The van der Waals surface area contributed by atoms with Gasteiger partial charge in [-0.05, 0) is 26.7 Å². The normalized spacial score (nSPS) is 25.1. The molecule has 112 valence electrons. The highest BCUT2D eigenvalue weighted by Crippen LogP contribution is 2.18. The third-order valence-corrected chi connectivity index (χ3v) is 3.77. The van der Waals surface area contributed by atoms with Crippen LogP contribution >= 0.6 is 0 Å². The Bertz CT molecular complexity index is 265. The summed E-state index contributed by atoms with van der Waals surface area (Å²) < 4.78 is 10.3. The summed E-state index contributed by atoms with van der Waals surface area (Å²) in [6.45, 7) is 6.73. The SMILES string of the molecule is COCCN(C(=O)C1CCC(C)NC1)C(C)COC. The van der Waals surface area contributed by atoms with Crippen LogP contribution in [0, 0.1) is 5.92 Å². The van der Waals surface area contributed by atoms with Crippen molar-refractivity contribution in [2.45, 2.75) is 38.8 Å². The maximum absolute atomic E-state index is 12.6. The van der Waals surface area contributed by atoms with Gasteiger partial charge in [-0.2, -0.15) is 0 Å². The van der Waals surface area contributed by atoms with Crippen LogP contribution in [0.4, 0.5) is 0 Å². The van der Waals surface area contributed by atoms with E-state index in [2.05, 4.69) is 12.2 Å². The number of nitrogens with one attached hydrogen (secondary N) is 1. The van der Waals surface area contributed by atoms with E-state index < -0.39 is 0 Å². The van der Waals surface area contributed by atoms with Crippen LogP contribution in [0.25, 0.3) is 0 Å². The van der Waals surface area contributed by atoms with Crippen LogP contribution in [0.5, 0.6) is 0 Å². The molecule has 1 aliphatic heterocycles. The van der Waals surface area contributed by atoms with Crippen molar-refractivity contribution in [2.75, 3.05) is 40.5 Å². The molecule has 0 aromatic carbocycles. The lowest BCUT2D eigenvalue weighted by atomic mass is 9.94. The van der Waals surface area contributed by atoms with Gasteiger partial charge in [0.05, 0.1) is 25.2 Å². The predicted octanol–water partition coefficient (Wildman–Crippen LogP) is 0.884. The Morgan fingerprint density at radius 1 is 1.37 bits per heavy atom. The summed E-state index contributed by atoms with van der Waals surface area (Å²) in [7, 11) is 3.33. The highest BCUT2D eigenvalue weighted by atomic mass is 16.5. The lowest BCUT2D eigenvalue weighted by molar-refractivity contribution is -0.140. The number of hydrogen-bond donors (Lipinski definition) is 1. The van der Waals surface area contributed by atoms with E-state index in [4.69, 9.17) is 9.47 Å². The van der Waals surface area contributed by atoms with Crippen LogP contribution in [0.2, 0.25) is 0 Å². The fraction of sp³-hybridized carbons (Fsp3) is 0.929. The van der Waals surface area contributed by atoms with Gasteiger partial charge in [-0.3, -0.25) is 4.79 Å². The lowest BCUT2D eigenvalue weighted by Crippen LogP contribution is -2.50. The number of rotatable bonds is 7. The van der Waals surface area contributed by atoms with Crippen molar-refractivity contribution in [3.63, 3.8) is 0 Å². The van der Waals surface area contributed by atoms with E-state index in [9.17, 15) is 4.79 Å². The van der Waals surface area contributed by atoms with E-state index in [0.717, 1.165) is 19.4 Å². The molecule has 19 heavy (non-hydrogen) atoms. The number of amides is 1. The molecule has 1 heterocycles. The smallest absolute Gasteiger partial charge is 0.227 e. The Morgan fingerprint density at radius 3 is 2.63 bits per heavy atom. The zero-order valence-electron chi connectivity index (χ0n) is 12.6. The average molecular weight is 272 g/mol. The first-order chi connectivity index (χ1) is 9.10. The van der Waals surface area contributed by atoms with Crippen LogP contribution in [0.3, 0.4) is 0 Å². The maximum Gasteiger partial charge on any atom is 0.227 e. The highest BCUT2D eigenvalue weighted by Gasteiger charge is 2.30. The highest BCUT2D eigenvalue weighted by molar-refractivity contribution is 5.79. The van der Waals surface area contributed by atoms with Crippen LogP contribution < -0.4 is 5.32 Å². The quantitative estimate of drug-likeness (QED) is 0.747. The van der Waals surface area contributed by atoms with Gasteiger partial charge in [0.1, 0.15) is 0 Å². The zero-order chi connectivity index (χ0) is 14.3. The second-order valence-corrected chi connectivity index (χ2v) is 5.41. The fourth-order valence-electron chi connectivity index (χ4n) is 2.51. The predicted molar refractivity (Wildman–Crippen MR) is 75.1 cm³/mol. The monoisotopic (exact) mass is 272 g/mol. The van der Waals surface area contributed by atoms with Crippen molar-refractivity contribution >= 4 is 5.91 Å². The molecule has 1 amide bonds. The van der Waals surface area contributed by atoms with Crippen molar-refractivity contribution < 1.29 is 14.3 Å². The summed E-state index contributed by atoms with van der Waals surface area (Å²) in [6.07, 6.45) is 2.03. The zero-order valence-corrected chi connectivity index (χ0v) is 12.6. The third kappa shape index (κ3) is 5.09. The second kappa shape index (κ2) is 8.51. The maximum atomic E-state index is 12.6. The number of carbonyl (C=O) groups is 1. The van der Waals surface area contributed by atoms with Gasteiger partial charge >= 0.3 is 0 Å². The minimum absolute atomic E-state index is 0.0898. The molecule has 0 aromatic rings. The van der Waals surface area contributed by atoms with Gasteiger partial charge in [0.2, 0.25) is 5.91 Å². The lowest BCUT2D eigenvalue weighted by Gasteiger charge is -2.35. The number of hydrogen-bond acceptors (Lipinski definition) is 4. The van der Waals surface area contributed by atoms with Gasteiger partial charge in [-0.15, -0.1) is 0 Å². The molecular weight excluding hydrogens is 244 g/mol. The van der Waals surface area contributed by atoms with Gasteiger partial charge in [-0.1, -0.05) is 0 Å². The molecular formula is C14H28N2O3. The van der Waals surface area contributed by atoms with Crippen molar-refractivity contribution in [2.24, 2.45) is 5.92 Å². The van der Waals surface area contributed by atoms with E-state index >= 15 is 0 Å². The molecule has 3 unspecified atom stereocenters. The molecule has 5 nitrogen and oxygen atoms in total. The molecule has 5 heteroatoms. The molecule has 1 N–H and O–H groups in total. The van der Waals surface area contributed by atoms with Crippen LogP contribution in [0.1, 0.15) is 26.7 Å². The first kappa shape index (κ1) is 16.4. The summed E-state index contributed by atoms with van der Waals surface area (Å²) in [6, 6.07) is 0.611. The molecule has 1 fully saturated rings. The van der Waals surface area contributed by atoms with E-state index in [1.807, 2.05) is 11.8 Å². The van der Waals surface area contributed by atoms with Gasteiger partial charge in [0, 0.05) is 33.4 Å². The molecule has 0 radical (unpaired) electrons. The van der Waals surface area contributed by atoms with E-state index in [1.165, 1.54) is 0 Å². The summed E-state index contributed by atoms with van der Waals surface area (Å²) in [4.78, 5) is 14.5. The van der Waals surface area contributed by atoms with Gasteiger partial charge in [0.15, 0.2) is 0 Å². The van der Waals surface area contributed by atoms with Crippen LogP contribution in [-0.4, -0.2) is 63.4 Å². The molecule has 0 spiro atoms. The minimum atomic E-state index is 0.0898. The molecule has 0 aromatic heterocycles. The Balaban J connectivity index is 2.59. The van der Waals surface area contributed by atoms with E-state index in [1.54, 1.807) is 14.2 Å². The summed E-state index contributed by atoms with van der Waals surface area (Å²) in [5.74, 6) is 0.313. The Morgan fingerprint density at radius 2 is 2.11 bits per heavy atom. The Kier molecular flexibility index (Phi) is 7.34. The molecule has 0 saturated carbocycles. The minimum Gasteiger partial charge on any atom is -0.383 e. The van der Waals surface area contributed by atoms with Crippen molar-refractivity contribution in [3.05, 3.63) is 0 Å². The number of nitrogens with zero attached hydrogens (tertiary/aromatic N) is 1. The topological polar surface area (TPSA) is 50.8 Å². The first-order valence-corrected chi connectivity index (χ1v) is 7.11. The van der Waals surface area contributed by atoms with E-state index in [0.29, 0.717) is 25.8 Å². The van der Waals surface area contributed by atoms with Crippen molar-refractivity contribution in [1.82, 2.24) is 10.2 Å². The Labute approximate surface area is 116 Å². The van der Waals surface area contributed by atoms with Crippen molar-refractivity contribution in [1.29, 1.82) is 0 Å². The molecule has 3 atom stereocenters. The molecule has 1 saturated heterocycles. The largest absolute Gasteiger partial charge is 0.383 e. The van der Waals surface area contributed by atoms with Gasteiger partial charge in [0.25, 0.3) is 0 Å². The Hall–Kier alpha value is -0.650. The third-order valence-electron chi connectivity index (χ3n) is 3.77. The number of ether oxygens (including phenoxy) is 2. The number of methoxy groups -OCH3 is 2. The number of carbonyl (C=O) groups excluding carboxylic acids is 1. The van der Waals surface area contributed by atoms with Gasteiger partial charge < -0.3 is 19.7 Å². The fourth-order valence-corrected chi connectivity index (χ4v) is 2.51. The van der Waals surface area contributed by atoms with Crippen molar-refractivity contribution in [3.8, 4) is 0 Å². The first-order valence-electron chi connectivity index (χ1n) is 7.11. The van der Waals surface area contributed by atoms with Crippen LogP contribution in [0.15, 0.2) is 0 Å². The standard InChI is InChI=1S/C14H28N2O3/c1-11-5-6-13(9-15-11)14(17)16(7-8-18-3)12(2)10-19-4/h11-13,15H,5-10H2,1-4H3. The molecule has 0 aliphatic carbocycles. The van der Waals surface area contributed by atoms with E-state index in [-0.39, 0.29) is 17.9 Å². The molecule has 0 bridgehead atoms. The van der Waals surface area contributed by atoms with Gasteiger partial charge in [-0.25, -0.2) is 0 Å². The second-order valence-electron chi connectivity index (χ2n) is 5.41.